The molecule has 1 fully saturated rings. The van der Waals surface area contributed by atoms with Crippen molar-refractivity contribution in [1.82, 2.24) is 9.78 Å². The maximum atomic E-state index is 8.89. The van der Waals surface area contributed by atoms with E-state index in [0.29, 0.717) is 12.5 Å². The van der Waals surface area contributed by atoms with Gasteiger partial charge in [-0.3, -0.25) is 4.68 Å². The molecule has 3 nitrogen and oxygen atoms in total. The van der Waals surface area contributed by atoms with E-state index in [2.05, 4.69) is 35.9 Å². The van der Waals surface area contributed by atoms with Crippen molar-refractivity contribution in [2.24, 2.45) is 0 Å². The van der Waals surface area contributed by atoms with Gasteiger partial charge in [0.05, 0.1) is 29.7 Å². The zero-order valence-corrected chi connectivity index (χ0v) is 12.1. The summed E-state index contributed by atoms with van der Waals surface area (Å²) in [5.41, 5.74) is 3.51. The first kappa shape index (κ1) is 13.2. The molecular weight excluding hydrogens is 246 g/mol. The molecule has 0 atom stereocenters. The van der Waals surface area contributed by atoms with Crippen LogP contribution < -0.4 is 0 Å². The minimum Gasteiger partial charge on any atom is -0.262 e. The molecule has 0 saturated heterocycles. The van der Waals surface area contributed by atoms with Crippen molar-refractivity contribution in [3.05, 3.63) is 29.5 Å². The van der Waals surface area contributed by atoms with Crippen LogP contribution in [0.5, 0.6) is 0 Å². The maximum Gasteiger partial charge on any atom is 0.0700 e. The van der Waals surface area contributed by atoms with Gasteiger partial charge in [-0.1, -0.05) is 38.3 Å². The lowest BCUT2D eigenvalue weighted by Gasteiger charge is -2.22. The predicted molar refractivity (Wildman–Crippen MR) is 80.6 cm³/mol. The molecule has 3 rings (SSSR count). The van der Waals surface area contributed by atoms with Crippen LogP contribution in [0.1, 0.15) is 56.3 Å². The number of benzene rings is 1. The summed E-state index contributed by atoms with van der Waals surface area (Å²) in [4.78, 5) is 0. The zero-order chi connectivity index (χ0) is 13.9. The third-order valence-corrected chi connectivity index (χ3v) is 4.39. The summed E-state index contributed by atoms with van der Waals surface area (Å²) in [6, 6.07) is 9.16. The van der Waals surface area contributed by atoms with Crippen molar-refractivity contribution in [2.45, 2.75) is 57.9 Å². The average molecular weight is 267 g/mol. The molecule has 0 amide bonds. The number of aryl methyl sites for hydroxylation is 1. The summed E-state index contributed by atoms with van der Waals surface area (Å²) in [6.45, 7) is 2.16. The summed E-state index contributed by atoms with van der Waals surface area (Å²) in [7, 11) is 0. The Morgan fingerprint density at radius 3 is 2.80 bits per heavy atom. The van der Waals surface area contributed by atoms with Gasteiger partial charge in [-0.15, -0.1) is 0 Å². The van der Waals surface area contributed by atoms with Crippen LogP contribution in [0.2, 0.25) is 0 Å². The van der Waals surface area contributed by atoms with Gasteiger partial charge in [0.25, 0.3) is 0 Å². The number of fused-ring (bicyclic) bond motifs is 1. The van der Waals surface area contributed by atoms with E-state index < -0.39 is 0 Å². The Labute approximate surface area is 120 Å². The number of nitrogens with zero attached hydrogens (tertiary/aromatic N) is 3. The van der Waals surface area contributed by atoms with E-state index in [1.54, 1.807) is 0 Å². The highest BCUT2D eigenvalue weighted by Crippen LogP contribution is 2.32. The Morgan fingerprint density at radius 1 is 1.30 bits per heavy atom. The highest BCUT2D eigenvalue weighted by molar-refractivity contribution is 5.83. The van der Waals surface area contributed by atoms with Crippen molar-refractivity contribution in [2.75, 3.05) is 0 Å². The summed E-state index contributed by atoms with van der Waals surface area (Å²) < 4.78 is 2.24. The van der Waals surface area contributed by atoms with Crippen LogP contribution in [-0.4, -0.2) is 9.78 Å². The smallest absolute Gasteiger partial charge is 0.0700 e. The molecule has 0 unspecified atom stereocenters. The minimum atomic E-state index is 0.479. The summed E-state index contributed by atoms with van der Waals surface area (Å²) in [6.07, 6.45) is 7.90. The normalized spacial score (nSPS) is 16.4. The number of aromatic nitrogens is 2. The lowest BCUT2D eigenvalue weighted by molar-refractivity contribution is 0.336. The van der Waals surface area contributed by atoms with Crippen LogP contribution in [0.25, 0.3) is 10.9 Å². The minimum absolute atomic E-state index is 0.479. The molecule has 2 aromatic rings. The molecule has 1 aliphatic rings. The molecule has 1 aromatic carbocycles. The molecule has 0 aliphatic heterocycles. The zero-order valence-electron chi connectivity index (χ0n) is 12.1. The lowest BCUT2D eigenvalue weighted by Crippen LogP contribution is -2.14. The monoisotopic (exact) mass is 267 g/mol. The fraction of sp³-hybridized carbons (Fsp3) is 0.529. The van der Waals surface area contributed by atoms with E-state index in [9.17, 15) is 0 Å². The van der Waals surface area contributed by atoms with Crippen molar-refractivity contribution in [3.8, 4) is 6.07 Å². The number of nitriles is 1. The molecule has 104 valence electrons. The molecule has 3 heteroatoms. The second-order valence-electron chi connectivity index (χ2n) is 5.72. The lowest BCUT2D eigenvalue weighted by atomic mass is 9.95. The van der Waals surface area contributed by atoms with E-state index in [1.807, 2.05) is 0 Å². The molecule has 20 heavy (non-hydrogen) atoms. The summed E-state index contributed by atoms with van der Waals surface area (Å²) in [5, 5.41) is 15.0. The van der Waals surface area contributed by atoms with Gasteiger partial charge >= 0.3 is 0 Å². The van der Waals surface area contributed by atoms with Gasteiger partial charge in [0.1, 0.15) is 0 Å². The summed E-state index contributed by atoms with van der Waals surface area (Å²) in [5.74, 6) is 0. The van der Waals surface area contributed by atoms with Crippen LogP contribution in [0.15, 0.2) is 18.2 Å². The van der Waals surface area contributed by atoms with Crippen molar-refractivity contribution < 1.29 is 0 Å². The van der Waals surface area contributed by atoms with E-state index in [-0.39, 0.29) is 0 Å². The fourth-order valence-corrected chi connectivity index (χ4v) is 3.31. The highest BCUT2D eigenvalue weighted by atomic mass is 15.3. The Hall–Kier alpha value is -1.82. The van der Waals surface area contributed by atoms with Crippen LogP contribution >= 0.6 is 0 Å². The predicted octanol–water partition coefficient (Wildman–Crippen LogP) is 4.17. The molecule has 0 spiro atoms. The van der Waals surface area contributed by atoms with Gasteiger partial charge in [-0.05, 0) is 30.9 Å². The third kappa shape index (κ3) is 2.31. The topological polar surface area (TPSA) is 41.6 Å². The Bertz CT molecular complexity index is 642. The molecule has 0 radical (unpaired) electrons. The largest absolute Gasteiger partial charge is 0.262 e. The molecule has 0 bridgehead atoms. The Balaban J connectivity index is 2.09. The second kappa shape index (κ2) is 5.66. The molecular formula is C17H21N3. The van der Waals surface area contributed by atoms with Crippen molar-refractivity contribution in [1.29, 1.82) is 5.26 Å². The van der Waals surface area contributed by atoms with Crippen LogP contribution in [0, 0.1) is 11.3 Å². The molecule has 1 heterocycles. The fourth-order valence-electron chi connectivity index (χ4n) is 3.31. The first-order valence-corrected chi connectivity index (χ1v) is 7.70. The van der Waals surface area contributed by atoms with Crippen LogP contribution in [0.4, 0.5) is 0 Å². The van der Waals surface area contributed by atoms with Gasteiger partial charge < -0.3 is 0 Å². The van der Waals surface area contributed by atoms with E-state index in [0.717, 1.165) is 12.0 Å². The molecule has 1 saturated carbocycles. The average Bonchev–Trinajstić information content (AvgIpc) is 2.86. The van der Waals surface area contributed by atoms with Crippen molar-refractivity contribution in [3.63, 3.8) is 0 Å². The van der Waals surface area contributed by atoms with Crippen LogP contribution in [-0.2, 0) is 12.8 Å². The van der Waals surface area contributed by atoms with E-state index >= 15 is 0 Å². The van der Waals surface area contributed by atoms with Gasteiger partial charge in [0.2, 0.25) is 0 Å². The molecule has 1 aliphatic carbocycles. The maximum absolute atomic E-state index is 8.89. The van der Waals surface area contributed by atoms with E-state index in [4.69, 9.17) is 10.4 Å². The first-order valence-electron chi connectivity index (χ1n) is 7.70. The Morgan fingerprint density at radius 2 is 2.10 bits per heavy atom. The van der Waals surface area contributed by atoms with Crippen molar-refractivity contribution >= 4 is 10.9 Å². The number of hydrogen-bond acceptors (Lipinski definition) is 2. The van der Waals surface area contributed by atoms with E-state index in [1.165, 1.54) is 48.7 Å². The van der Waals surface area contributed by atoms with Gasteiger partial charge in [-0.25, -0.2) is 0 Å². The second-order valence-corrected chi connectivity index (χ2v) is 5.72. The molecule has 0 N–H and O–H groups in total. The first-order chi connectivity index (χ1) is 9.83. The van der Waals surface area contributed by atoms with Crippen LogP contribution in [0.3, 0.4) is 0 Å². The standard InChI is InChI=1S/C17H21N3/c1-2-16-15-9-8-13(10-11-18)12-17(15)20(19-16)14-6-4-3-5-7-14/h8-9,12,14H,2-7,10H2,1H3. The van der Waals surface area contributed by atoms with Gasteiger partial charge in [-0.2, -0.15) is 10.4 Å². The Kier molecular flexibility index (Phi) is 3.73. The number of hydrogen-bond donors (Lipinski definition) is 0. The summed E-state index contributed by atoms with van der Waals surface area (Å²) >= 11 is 0. The third-order valence-electron chi connectivity index (χ3n) is 4.39. The van der Waals surface area contributed by atoms with Gasteiger partial charge in [0, 0.05) is 5.39 Å². The molecule has 1 aromatic heterocycles. The quantitative estimate of drug-likeness (QED) is 0.837. The number of rotatable bonds is 3. The van der Waals surface area contributed by atoms with Gasteiger partial charge in [0.15, 0.2) is 0 Å². The SMILES string of the molecule is CCc1nn(C2CCCCC2)c2cc(CC#N)ccc12. The highest BCUT2D eigenvalue weighted by Gasteiger charge is 2.20.